The molecule has 6 nitrogen and oxygen atoms in total. The molecule has 3 aromatic heterocycles. The first-order valence-electron chi connectivity index (χ1n) is 9.31. The van der Waals surface area contributed by atoms with E-state index < -0.39 is 0 Å². The molecule has 0 bridgehead atoms. The predicted molar refractivity (Wildman–Crippen MR) is 108 cm³/mol. The SMILES string of the molecule is CCc1cc2c(N3CCC4(CN(Cc5cncc(Cl)n5)C4)C3)ncnc2s1. The van der Waals surface area contributed by atoms with Gasteiger partial charge < -0.3 is 4.90 Å². The van der Waals surface area contributed by atoms with Gasteiger partial charge in [0.1, 0.15) is 22.1 Å². The summed E-state index contributed by atoms with van der Waals surface area (Å²) in [5.41, 5.74) is 1.31. The molecule has 140 valence electrons. The molecule has 0 amide bonds. The van der Waals surface area contributed by atoms with Crippen LogP contribution in [-0.2, 0) is 13.0 Å². The highest BCUT2D eigenvalue weighted by molar-refractivity contribution is 7.18. The summed E-state index contributed by atoms with van der Waals surface area (Å²) in [7, 11) is 0. The third-order valence-corrected chi connectivity index (χ3v) is 6.97. The van der Waals surface area contributed by atoms with Gasteiger partial charge in [-0.15, -0.1) is 11.3 Å². The second kappa shape index (κ2) is 6.65. The van der Waals surface area contributed by atoms with E-state index in [9.17, 15) is 0 Å². The lowest BCUT2D eigenvalue weighted by atomic mass is 9.79. The van der Waals surface area contributed by atoms with Crippen LogP contribution in [0.25, 0.3) is 10.2 Å². The van der Waals surface area contributed by atoms with Gasteiger partial charge >= 0.3 is 0 Å². The van der Waals surface area contributed by atoms with E-state index in [0.29, 0.717) is 10.6 Å². The largest absolute Gasteiger partial charge is 0.355 e. The minimum Gasteiger partial charge on any atom is -0.355 e. The summed E-state index contributed by atoms with van der Waals surface area (Å²) in [5, 5.41) is 1.67. The van der Waals surface area contributed by atoms with Crippen molar-refractivity contribution in [1.82, 2.24) is 24.8 Å². The highest BCUT2D eigenvalue weighted by atomic mass is 35.5. The molecule has 0 saturated carbocycles. The zero-order valence-corrected chi connectivity index (χ0v) is 16.8. The minimum atomic E-state index is 0.368. The van der Waals surface area contributed by atoms with E-state index in [1.165, 1.54) is 16.7 Å². The van der Waals surface area contributed by atoms with Gasteiger partial charge in [0.25, 0.3) is 0 Å². The molecule has 5 heterocycles. The molecule has 3 aromatic rings. The fraction of sp³-hybridized carbons (Fsp3) is 0.474. The average Bonchev–Trinajstić information content (AvgIpc) is 3.25. The van der Waals surface area contributed by atoms with Gasteiger partial charge in [0, 0.05) is 49.2 Å². The summed E-state index contributed by atoms with van der Waals surface area (Å²) in [5.74, 6) is 1.10. The molecule has 8 heteroatoms. The molecule has 0 aliphatic carbocycles. The van der Waals surface area contributed by atoms with Crippen molar-refractivity contribution < 1.29 is 0 Å². The summed E-state index contributed by atoms with van der Waals surface area (Å²) in [6.45, 7) is 7.32. The van der Waals surface area contributed by atoms with Crippen LogP contribution in [0.2, 0.25) is 5.15 Å². The lowest BCUT2D eigenvalue weighted by molar-refractivity contribution is 0.0107. The van der Waals surface area contributed by atoms with Crippen molar-refractivity contribution in [2.45, 2.75) is 26.3 Å². The van der Waals surface area contributed by atoms with Crippen molar-refractivity contribution in [2.24, 2.45) is 5.41 Å². The Morgan fingerprint density at radius 2 is 2.11 bits per heavy atom. The van der Waals surface area contributed by atoms with Crippen molar-refractivity contribution in [1.29, 1.82) is 0 Å². The standard InChI is InChI=1S/C19H21ClN6S/c1-2-14-5-15-17(22-12-23-18(15)27-14)26-4-3-19(11-26)9-25(10-19)8-13-6-21-7-16(20)24-13/h5-7,12H,2-4,8-11H2,1H3. The van der Waals surface area contributed by atoms with Crippen molar-refractivity contribution >= 4 is 39.0 Å². The zero-order chi connectivity index (χ0) is 18.4. The maximum absolute atomic E-state index is 5.95. The lowest BCUT2D eigenvalue weighted by Gasteiger charge is -2.48. The van der Waals surface area contributed by atoms with E-state index in [1.807, 2.05) is 0 Å². The van der Waals surface area contributed by atoms with Gasteiger partial charge in [-0.2, -0.15) is 0 Å². The molecule has 2 aliphatic heterocycles. The fourth-order valence-corrected chi connectivity index (χ4v) is 5.49. The highest BCUT2D eigenvalue weighted by Gasteiger charge is 2.48. The third-order valence-electron chi connectivity index (χ3n) is 5.60. The number of anilines is 1. The average molecular weight is 401 g/mol. The summed E-state index contributed by atoms with van der Waals surface area (Å²) < 4.78 is 0. The van der Waals surface area contributed by atoms with Crippen LogP contribution in [0.4, 0.5) is 5.82 Å². The van der Waals surface area contributed by atoms with Crippen LogP contribution in [0.3, 0.4) is 0 Å². The molecule has 5 rings (SSSR count). The van der Waals surface area contributed by atoms with Crippen molar-refractivity contribution in [3.05, 3.63) is 40.5 Å². The molecule has 27 heavy (non-hydrogen) atoms. The maximum atomic E-state index is 5.95. The molecule has 0 aromatic carbocycles. The van der Waals surface area contributed by atoms with Crippen LogP contribution in [0.1, 0.15) is 23.9 Å². The second-order valence-electron chi connectivity index (χ2n) is 7.63. The normalized spacial score (nSPS) is 19.1. The van der Waals surface area contributed by atoms with Gasteiger partial charge in [0.05, 0.1) is 17.3 Å². The molecule has 1 spiro atoms. The van der Waals surface area contributed by atoms with Gasteiger partial charge in [0.15, 0.2) is 0 Å². The van der Waals surface area contributed by atoms with Gasteiger partial charge in [-0.25, -0.2) is 15.0 Å². The number of hydrogen-bond donors (Lipinski definition) is 0. The van der Waals surface area contributed by atoms with Gasteiger partial charge in [0.2, 0.25) is 0 Å². The smallest absolute Gasteiger partial charge is 0.147 e. The molecule has 0 atom stereocenters. The Morgan fingerprint density at radius 3 is 2.93 bits per heavy atom. The van der Waals surface area contributed by atoms with Gasteiger partial charge in [-0.1, -0.05) is 18.5 Å². The van der Waals surface area contributed by atoms with Gasteiger partial charge in [-0.3, -0.25) is 9.88 Å². The van der Waals surface area contributed by atoms with Crippen LogP contribution in [-0.4, -0.2) is 51.0 Å². The molecule has 2 aliphatic rings. The molecule has 2 fully saturated rings. The molecule has 2 saturated heterocycles. The Balaban J connectivity index is 1.28. The first-order chi connectivity index (χ1) is 13.1. The Kier molecular flexibility index (Phi) is 4.26. The summed E-state index contributed by atoms with van der Waals surface area (Å²) in [6.07, 6.45) is 7.35. The number of aryl methyl sites for hydroxylation is 1. The molecular weight excluding hydrogens is 380 g/mol. The molecule has 0 unspecified atom stereocenters. The number of nitrogens with zero attached hydrogens (tertiary/aromatic N) is 6. The summed E-state index contributed by atoms with van der Waals surface area (Å²) in [4.78, 5) is 24.9. The van der Waals surface area contributed by atoms with Crippen LogP contribution in [0.5, 0.6) is 0 Å². The second-order valence-corrected chi connectivity index (χ2v) is 9.13. The minimum absolute atomic E-state index is 0.368. The number of halogens is 1. The number of aromatic nitrogens is 4. The highest BCUT2D eigenvalue weighted by Crippen LogP contribution is 2.43. The van der Waals surface area contributed by atoms with E-state index in [1.54, 1.807) is 30.1 Å². The summed E-state index contributed by atoms with van der Waals surface area (Å²) in [6, 6.07) is 2.27. The zero-order valence-electron chi connectivity index (χ0n) is 15.2. The van der Waals surface area contributed by atoms with E-state index in [-0.39, 0.29) is 0 Å². The third kappa shape index (κ3) is 3.17. The van der Waals surface area contributed by atoms with Crippen LogP contribution >= 0.6 is 22.9 Å². The van der Waals surface area contributed by atoms with Gasteiger partial charge in [-0.05, 0) is 18.9 Å². The fourth-order valence-electron chi connectivity index (χ4n) is 4.39. The van der Waals surface area contributed by atoms with E-state index in [0.717, 1.165) is 55.5 Å². The Bertz CT molecular complexity index is 983. The molecule has 0 N–H and O–H groups in total. The number of fused-ring (bicyclic) bond motifs is 1. The van der Waals surface area contributed by atoms with E-state index in [4.69, 9.17) is 11.6 Å². The van der Waals surface area contributed by atoms with Crippen molar-refractivity contribution in [3.63, 3.8) is 0 Å². The topological polar surface area (TPSA) is 58.0 Å². The maximum Gasteiger partial charge on any atom is 0.147 e. The van der Waals surface area contributed by atoms with Crippen LogP contribution in [0.15, 0.2) is 24.8 Å². The first kappa shape index (κ1) is 17.3. The molecule has 0 radical (unpaired) electrons. The molecular formula is C19H21ClN6S. The summed E-state index contributed by atoms with van der Waals surface area (Å²) >= 11 is 7.73. The number of hydrogen-bond acceptors (Lipinski definition) is 7. The first-order valence-corrected chi connectivity index (χ1v) is 10.5. The lowest BCUT2D eigenvalue weighted by Crippen LogP contribution is -2.57. The quantitative estimate of drug-likeness (QED) is 0.668. The van der Waals surface area contributed by atoms with E-state index >= 15 is 0 Å². The predicted octanol–water partition coefficient (Wildman–Crippen LogP) is 3.41. The van der Waals surface area contributed by atoms with Crippen LogP contribution in [0, 0.1) is 5.41 Å². The number of likely N-dealkylation sites (tertiary alicyclic amines) is 1. The van der Waals surface area contributed by atoms with E-state index in [2.05, 4.69) is 42.7 Å². The Labute approximate surface area is 167 Å². The van der Waals surface area contributed by atoms with Crippen molar-refractivity contribution in [3.8, 4) is 0 Å². The number of rotatable bonds is 4. The van der Waals surface area contributed by atoms with Crippen molar-refractivity contribution in [2.75, 3.05) is 31.1 Å². The Morgan fingerprint density at radius 1 is 1.22 bits per heavy atom. The number of thiophene rings is 1. The van der Waals surface area contributed by atoms with Crippen LogP contribution < -0.4 is 4.90 Å². The monoisotopic (exact) mass is 400 g/mol. The Hall–Kier alpha value is -1.83.